The Kier molecular flexibility index (Phi) is 1.92. The molecule has 0 aliphatic carbocycles. The second-order valence-electron chi connectivity index (χ2n) is 2.66. The van der Waals surface area contributed by atoms with Gasteiger partial charge in [-0.25, -0.2) is 0 Å². The Morgan fingerprint density at radius 2 is 1.77 bits per heavy atom. The fourth-order valence-electron chi connectivity index (χ4n) is 1.06. The number of aromatic nitrogens is 1. The predicted molar refractivity (Wildman–Crippen MR) is 51.3 cm³/mol. The van der Waals surface area contributed by atoms with Crippen molar-refractivity contribution >= 4 is 5.82 Å². The normalized spacial score (nSPS) is 9.85. The topological polar surface area (TPSA) is 40.2 Å². The Morgan fingerprint density at radius 3 is 2.38 bits per heavy atom. The van der Waals surface area contributed by atoms with Crippen molar-refractivity contribution in [2.75, 3.05) is 5.73 Å². The monoisotopic (exact) mass is 174 g/mol. The first kappa shape index (κ1) is 7.73. The molecule has 0 amide bonds. The van der Waals surface area contributed by atoms with Crippen molar-refractivity contribution in [3.8, 4) is 5.75 Å². The van der Waals surface area contributed by atoms with E-state index in [0.29, 0.717) is 5.82 Å². The van der Waals surface area contributed by atoms with Gasteiger partial charge in [-0.2, -0.15) is 4.73 Å². The minimum Gasteiger partial charge on any atom is -0.383 e. The Morgan fingerprint density at radius 1 is 1.00 bits per heavy atom. The summed E-state index contributed by atoms with van der Waals surface area (Å²) in [4.78, 5) is 5.44. The summed E-state index contributed by atoms with van der Waals surface area (Å²) < 4.78 is 1.52. The van der Waals surface area contributed by atoms with Crippen LogP contribution in [0.1, 0.15) is 0 Å². The fraction of sp³-hybridized carbons (Fsp3) is 0. The van der Waals surface area contributed by atoms with Crippen molar-refractivity contribution in [1.82, 2.24) is 4.73 Å². The molecule has 0 unspecified atom stereocenters. The van der Waals surface area contributed by atoms with Crippen LogP contribution in [-0.4, -0.2) is 4.73 Å². The van der Waals surface area contributed by atoms with E-state index in [1.54, 1.807) is 12.3 Å². The smallest absolute Gasteiger partial charge is 0.155 e. The molecule has 0 aliphatic heterocycles. The lowest BCUT2D eigenvalue weighted by Crippen LogP contribution is -2.06. The van der Waals surface area contributed by atoms with Crippen molar-refractivity contribution in [1.29, 1.82) is 0 Å². The Labute approximate surface area is 76.3 Å². The number of anilines is 1. The van der Waals surface area contributed by atoms with Gasteiger partial charge in [0.2, 0.25) is 0 Å². The quantitative estimate of drug-likeness (QED) is 0.755. The van der Waals surface area contributed by atoms with Crippen LogP contribution < -0.4 is 10.6 Å². The maximum Gasteiger partial charge on any atom is 0.155 e. The average Bonchev–Trinajstić information content (AvgIpc) is 2.54. The molecule has 1 aromatic carbocycles. The third-order valence-corrected chi connectivity index (χ3v) is 1.69. The van der Waals surface area contributed by atoms with Crippen molar-refractivity contribution in [2.24, 2.45) is 0 Å². The van der Waals surface area contributed by atoms with Gasteiger partial charge in [-0.3, -0.25) is 0 Å². The van der Waals surface area contributed by atoms with Crippen LogP contribution in [0.2, 0.25) is 0 Å². The molecule has 13 heavy (non-hydrogen) atoms. The highest BCUT2D eigenvalue weighted by Gasteiger charge is 1.96. The third-order valence-electron chi connectivity index (χ3n) is 1.69. The molecular weight excluding hydrogens is 164 g/mol. The SMILES string of the molecule is Nc1cccn1Oc1ccccc1. The van der Waals surface area contributed by atoms with Gasteiger partial charge in [-0.1, -0.05) is 18.2 Å². The summed E-state index contributed by atoms with van der Waals surface area (Å²) >= 11 is 0. The number of para-hydroxylation sites is 1. The van der Waals surface area contributed by atoms with E-state index in [1.807, 2.05) is 36.4 Å². The van der Waals surface area contributed by atoms with E-state index in [-0.39, 0.29) is 0 Å². The van der Waals surface area contributed by atoms with Crippen LogP contribution in [0.3, 0.4) is 0 Å². The molecular formula is C10H10N2O. The third kappa shape index (κ3) is 1.64. The number of benzene rings is 1. The summed E-state index contributed by atoms with van der Waals surface area (Å²) in [6, 6.07) is 13.1. The van der Waals surface area contributed by atoms with Gasteiger partial charge in [0.15, 0.2) is 5.75 Å². The van der Waals surface area contributed by atoms with Gasteiger partial charge in [-0.15, -0.1) is 0 Å². The van der Waals surface area contributed by atoms with Crippen LogP contribution in [0.25, 0.3) is 0 Å². The number of nitrogens with two attached hydrogens (primary N) is 1. The highest BCUT2D eigenvalue weighted by Crippen LogP contribution is 2.12. The molecule has 0 aliphatic rings. The predicted octanol–water partition coefficient (Wildman–Crippen LogP) is 1.91. The molecule has 2 aromatic rings. The molecule has 1 heterocycles. The van der Waals surface area contributed by atoms with Crippen LogP contribution in [0.5, 0.6) is 5.75 Å². The van der Waals surface area contributed by atoms with Gasteiger partial charge >= 0.3 is 0 Å². The summed E-state index contributed by atoms with van der Waals surface area (Å²) in [7, 11) is 0. The molecule has 66 valence electrons. The van der Waals surface area contributed by atoms with Crippen molar-refractivity contribution in [3.05, 3.63) is 48.7 Å². The highest BCUT2D eigenvalue weighted by atomic mass is 16.7. The summed E-state index contributed by atoms with van der Waals surface area (Å²) in [5.74, 6) is 1.36. The van der Waals surface area contributed by atoms with Gasteiger partial charge in [0.1, 0.15) is 5.82 Å². The first-order valence-corrected chi connectivity index (χ1v) is 4.02. The minimum atomic E-state index is 0.587. The van der Waals surface area contributed by atoms with Crippen LogP contribution in [0, 0.1) is 0 Å². The van der Waals surface area contributed by atoms with Crippen LogP contribution in [-0.2, 0) is 0 Å². The van der Waals surface area contributed by atoms with Gasteiger partial charge in [0, 0.05) is 6.20 Å². The van der Waals surface area contributed by atoms with E-state index in [9.17, 15) is 0 Å². The molecule has 1 aromatic heterocycles. The van der Waals surface area contributed by atoms with Crippen molar-refractivity contribution in [2.45, 2.75) is 0 Å². The van der Waals surface area contributed by atoms with Crippen molar-refractivity contribution in [3.63, 3.8) is 0 Å². The average molecular weight is 174 g/mol. The molecule has 0 spiro atoms. The first-order valence-electron chi connectivity index (χ1n) is 4.02. The first-order chi connectivity index (χ1) is 6.36. The molecule has 0 fully saturated rings. The number of hydrogen-bond donors (Lipinski definition) is 1. The highest BCUT2D eigenvalue weighted by molar-refractivity contribution is 5.30. The Balaban J connectivity index is 2.20. The summed E-state index contributed by atoms with van der Waals surface area (Å²) in [6.45, 7) is 0. The molecule has 0 bridgehead atoms. The molecule has 2 rings (SSSR count). The lowest BCUT2D eigenvalue weighted by Gasteiger charge is -2.06. The second kappa shape index (κ2) is 3.23. The van der Waals surface area contributed by atoms with E-state index < -0.39 is 0 Å². The van der Waals surface area contributed by atoms with Gasteiger partial charge in [0.25, 0.3) is 0 Å². The number of hydrogen-bond acceptors (Lipinski definition) is 2. The molecule has 0 radical (unpaired) electrons. The number of nitrogens with zero attached hydrogens (tertiary/aromatic N) is 1. The number of rotatable bonds is 2. The molecule has 0 atom stereocenters. The zero-order valence-corrected chi connectivity index (χ0v) is 7.05. The van der Waals surface area contributed by atoms with Gasteiger partial charge < -0.3 is 10.6 Å². The maximum absolute atomic E-state index is 5.63. The van der Waals surface area contributed by atoms with Crippen LogP contribution in [0.4, 0.5) is 5.82 Å². The minimum absolute atomic E-state index is 0.587. The van der Waals surface area contributed by atoms with Crippen LogP contribution >= 0.6 is 0 Å². The van der Waals surface area contributed by atoms with Crippen molar-refractivity contribution < 1.29 is 4.84 Å². The molecule has 0 saturated heterocycles. The Bertz CT molecular complexity index is 381. The van der Waals surface area contributed by atoms with E-state index in [0.717, 1.165) is 5.75 Å². The summed E-state index contributed by atoms with van der Waals surface area (Å²) in [5.41, 5.74) is 5.63. The zero-order chi connectivity index (χ0) is 9.10. The lowest BCUT2D eigenvalue weighted by atomic mass is 10.3. The standard InChI is InChI=1S/C10H10N2O/c11-10-7-4-8-12(10)13-9-5-2-1-3-6-9/h1-8H,11H2. The molecule has 0 saturated carbocycles. The van der Waals surface area contributed by atoms with E-state index >= 15 is 0 Å². The fourth-order valence-corrected chi connectivity index (χ4v) is 1.06. The van der Waals surface area contributed by atoms with E-state index in [4.69, 9.17) is 10.6 Å². The Hall–Kier alpha value is -1.90. The summed E-state index contributed by atoms with van der Waals surface area (Å²) in [5, 5.41) is 0. The summed E-state index contributed by atoms with van der Waals surface area (Å²) in [6.07, 6.45) is 1.77. The van der Waals surface area contributed by atoms with E-state index in [2.05, 4.69) is 0 Å². The molecule has 3 nitrogen and oxygen atoms in total. The van der Waals surface area contributed by atoms with Gasteiger partial charge in [0.05, 0.1) is 0 Å². The number of nitrogen functional groups attached to an aromatic ring is 1. The lowest BCUT2D eigenvalue weighted by molar-refractivity contribution is 0.223. The second-order valence-corrected chi connectivity index (χ2v) is 2.66. The maximum atomic E-state index is 5.63. The molecule has 2 N–H and O–H groups in total. The van der Waals surface area contributed by atoms with Crippen LogP contribution in [0.15, 0.2) is 48.7 Å². The van der Waals surface area contributed by atoms with E-state index in [1.165, 1.54) is 4.73 Å². The largest absolute Gasteiger partial charge is 0.383 e. The zero-order valence-electron chi connectivity index (χ0n) is 7.05. The molecule has 3 heteroatoms. The van der Waals surface area contributed by atoms with Gasteiger partial charge in [-0.05, 0) is 24.3 Å².